The van der Waals surface area contributed by atoms with Crippen molar-refractivity contribution in [2.75, 3.05) is 38.2 Å². The third kappa shape index (κ3) is 2.75. The Labute approximate surface area is 149 Å². The minimum Gasteiger partial charge on any atom is -0.596 e. The minimum absolute atomic E-state index is 0.00585. The molecule has 1 N–H and O–H groups in total. The number of aromatic nitrogens is 2. The molecule has 2 aliphatic heterocycles. The van der Waals surface area contributed by atoms with Crippen LogP contribution in [0.5, 0.6) is 0 Å². The quantitative estimate of drug-likeness (QED) is 0.493. The van der Waals surface area contributed by atoms with Gasteiger partial charge in [-0.05, 0) is 12.1 Å². The number of para-hydroxylation sites is 1. The molecule has 1 aromatic carbocycles. The first-order chi connectivity index (χ1) is 12.5. The Hall–Kier alpha value is -2.43. The van der Waals surface area contributed by atoms with E-state index in [1.54, 1.807) is 18.2 Å². The molecule has 1 aromatic heterocycles. The van der Waals surface area contributed by atoms with Crippen molar-refractivity contribution in [3.63, 3.8) is 0 Å². The van der Waals surface area contributed by atoms with Gasteiger partial charge in [0.15, 0.2) is 4.90 Å². The van der Waals surface area contributed by atoms with Crippen molar-refractivity contribution in [1.29, 1.82) is 0 Å². The van der Waals surface area contributed by atoms with E-state index in [0.717, 1.165) is 10.9 Å². The van der Waals surface area contributed by atoms with Crippen LogP contribution in [-0.2, 0) is 21.1 Å². The molecule has 0 aliphatic carbocycles. The number of sulfone groups is 1. The lowest BCUT2D eigenvalue weighted by atomic mass is 10.3. The van der Waals surface area contributed by atoms with Crippen LogP contribution in [0.1, 0.15) is 0 Å². The van der Waals surface area contributed by atoms with E-state index in [0.29, 0.717) is 43.4 Å². The molecule has 0 spiro atoms. The van der Waals surface area contributed by atoms with Gasteiger partial charge in [-0.1, -0.05) is 21.7 Å². The zero-order valence-electron chi connectivity index (χ0n) is 13.9. The molecule has 2 aliphatic rings. The highest BCUT2D eigenvalue weighted by Gasteiger charge is 2.35. The predicted molar refractivity (Wildman–Crippen MR) is 92.1 cm³/mol. The van der Waals surface area contributed by atoms with Crippen LogP contribution >= 0.6 is 0 Å². The number of hydrogen-bond donors (Lipinski definition) is 1. The van der Waals surface area contributed by atoms with Gasteiger partial charge in [0.25, 0.3) is 0 Å². The maximum Gasteiger partial charge on any atom is 0.323 e. The van der Waals surface area contributed by atoms with Crippen LogP contribution in [0.25, 0.3) is 0 Å². The van der Waals surface area contributed by atoms with Gasteiger partial charge in [-0.3, -0.25) is 9.69 Å². The second-order valence-electron chi connectivity index (χ2n) is 6.18. The largest absolute Gasteiger partial charge is 0.596 e. The summed E-state index contributed by atoms with van der Waals surface area (Å²) in [5, 5.41) is 15.2. The summed E-state index contributed by atoms with van der Waals surface area (Å²) in [6.45, 7) is 3.20. The second-order valence-corrected chi connectivity index (χ2v) is 8.04. The van der Waals surface area contributed by atoms with Gasteiger partial charge in [-0.15, -0.1) is 0 Å². The molecule has 9 nitrogen and oxygen atoms in total. The molecule has 0 atom stereocenters. The van der Waals surface area contributed by atoms with Crippen molar-refractivity contribution >= 4 is 21.2 Å². The summed E-state index contributed by atoms with van der Waals surface area (Å²) in [4.78, 5) is 14.9. The molecule has 1 saturated heterocycles. The highest BCUT2D eigenvalue weighted by atomic mass is 32.2. The standard InChI is InChI=1S/C16H18N4O5S/c21-16-15-13(17-12-3-1-2-4-14(12)26(15,23)24)11-20(22)19(16)6-5-18-7-9-25-10-8-18/h1-4,11,17H,5-10H2. The molecule has 138 valence electrons. The van der Waals surface area contributed by atoms with Gasteiger partial charge in [-0.2, -0.15) is 0 Å². The molecule has 0 amide bonds. The Bertz CT molecular complexity index is 1010. The molecular formula is C16H18N4O5S. The van der Waals surface area contributed by atoms with Crippen molar-refractivity contribution in [2.24, 2.45) is 0 Å². The molecular weight excluding hydrogens is 360 g/mol. The number of nitrogens with zero attached hydrogens (tertiary/aromatic N) is 3. The van der Waals surface area contributed by atoms with Gasteiger partial charge in [0.1, 0.15) is 5.69 Å². The lowest BCUT2D eigenvalue weighted by molar-refractivity contribution is -0.700. The summed E-state index contributed by atoms with van der Waals surface area (Å²) in [5.41, 5.74) is -0.454. The van der Waals surface area contributed by atoms with Crippen LogP contribution in [0.2, 0.25) is 0 Å². The molecule has 3 heterocycles. The summed E-state index contributed by atoms with van der Waals surface area (Å²) in [6.07, 6.45) is 1.10. The number of morpholine rings is 1. The van der Waals surface area contributed by atoms with E-state index in [4.69, 9.17) is 4.74 Å². The fourth-order valence-electron chi connectivity index (χ4n) is 3.23. The predicted octanol–water partition coefficient (Wildman–Crippen LogP) is -0.296. The molecule has 26 heavy (non-hydrogen) atoms. The average molecular weight is 378 g/mol. The van der Waals surface area contributed by atoms with E-state index in [-0.39, 0.29) is 22.0 Å². The van der Waals surface area contributed by atoms with Gasteiger partial charge in [0.2, 0.25) is 16.0 Å². The third-order valence-corrected chi connectivity index (χ3v) is 6.46. The third-order valence-electron chi connectivity index (χ3n) is 4.60. The lowest BCUT2D eigenvalue weighted by Gasteiger charge is -2.26. The van der Waals surface area contributed by atoms with Crippen molar-refractivity contribution in [3.05, 3.63) is 46.0 Å². The Balaban J connectivity index is 1.73. The highest BCUT2D eigenvalue weighted by molar-refractivity contribution is 7.92. The smallest absolute Gasteiger partial charge is 0.323 e. The topological polar surface area (TPSA) is 108 Å². The van der Waals surface area contributed by atoms with Crippen LogP contribution < -0.4 is 15.7 Å². The number of anilines is 2. The maximum atomic E-state index is 12.9. The molecule has 2 aromatic rings. The Morgan fingerprint density at radius 2 is 1.88 bits per heavy atom. The summed E-state index contributed by atoms with van der Waals surface area (Å²) < 4.78 is 32.0. The van der Waals surface area contributed by atoms with Crippen LogP contribution in [0, 0.1) is 5.21 Å². The number of rotatable bonds is 3. The van der Waals surface area contributed by atoms with E-state index in [1.807, 2.05) is 0 Å². The summed E-state index contributed by atoms with van der Waals surface area (Å²) in [7, 11) is -4.00. The van der Waals surface area contributed by atoms with E-state index in [9.17, 15) is 18.4 Å². The normalized spacial score (nSPS) is 18.6. The Morgan fingerprint density at radius 1 is 1.15 bits per heavy atom. The molecule has 4 rings (SSSR count). The fourth-order valence-corrected chi connectivity index (χ4v) is 4.84. The molecule has 0 radical (unpaired) electrons. The van der Waals surface area contributed by atoms with Crippen LogP contribution in [-0.4, -0.2) is 50.8 Å². The second kappa shape index (κ2) is 6.38. The van der Waals surface area contributed by atoms with Crippen LogP contribution in [0.15, 0.2) is 45.0 Å². The zero-order valence-corrected chi connectivity index (χ0v) is 14.7. The maximum absolute atomic E-state index is 12.9. The molecule has 1 fully saturated rings. The SMILES string of the molecule is O=c1c2c(c[n+]([O-])n1CCN1CCOCC1)Nc1ccccc1S2(=O)=O. The molecule has 0 bridgehead atoms. The summed E-state index contributed by atoms with van der Waals surface area (Å²) >= 11 is 0. The van der Waals surface area contributed by atoms with E-state index in [2.05, 4.69) is 10.2 Å². The number of nitrogens with one attached hydrogen (secondary N) is 1. The van der Waals surface area contributed by atoms with E-state index < -0.39 is 15.4 Å². The summed E-state index contributed by atoms with van der Waals surface area (Å²) in [6, 6.07) is 6.31. The van der Waals surface area contributed by atoms with Crippen molar-refractivity contribution in [2.45, 2.75) is 16.3 Å². The van der Waals surface area contributed by atoms with Crippen LogP contribution in [0.4, 0.5) is 11.4 Å². The van der Waals surface area contributed by atoms with Gasteiger partial charge in [0, 0.05) is 19.6 Å². The van der Waals surface area contributed by atoms with Crippen LogP contribution in [0.3, 0.4) is 0 Å². The van der Waals surface area contributed by atoms with E-state index >= 15 is 0 Å². The van der Waals surface area contributed by atoms with Crippen molar-refractivity contribution < 1.29 is 18.0 Å². The first-order valence-electron chi connectivity index (χ1n) is 8.27. The Morgan fingerprint density at radius 3 is 2.65 bits per heavy atom. The van der Waals surface area contributed by atoms with Crippen molar-refractivity contribution in [3.8, 4) is 0 Å². The zero-order chi connectivity index (χ0) is 18.3. The fraction of sp³-hybridized carbons (Fsp3) is 0.375. The Kier molecular flexibility index (Phi) is 4.17. The minimum atomic E-state index is -4.00. The summed E-state index contributed by atoms with van der Waals surface area (Å²) in [5.74, 6) is 0. The monoisotopic (exact) mass is 378 g/mol. The molecule has 0 unspecified atom stereocenters. The lowest BCUT2D eigenvalue weighted by Crippen LogP contribution is -2.52. The van der Waals surface area contributed by atoms with Gasteiger partial charge < -0.3 is 15.3 Å². The van der Waals surface area contributed by atoms with Gasteiger partial charge in [0.05, 0.1) is 30.3 Å². The van der Waals surface area contributed by atoms with Gasteiger partial charge >= 0.3 is 5.56 Å². The first kappa shape index (κ1) is 17.0. The first-order valence-corrected chi connectivity index (χ1v) is 9.75. The van der Waals surface area contributed by atoms with Crippen molar-refractivity contribution in [1.82, 2.24) is 9.58 Å². The molecule has 0 saturated carbocycles. The number of fused-ring (bicyclic) bond motifs is 2. The molecule has 10 heteroatoms. The van der Waals surface area contributed by atoms with E-state index in [1.165, 1.54) is 6.07 Å². The van der Waals surface area contributed by atoms with Gasteiger partial charge in [-0.25, -0.2) is 8.42 Å². The highest BCUT2D eigenvalue weighted by Crippen LogP contribution is 2.36. The number of ether oxygens (including phenoxy) is 1. The average Bonchev–Trinajstić information content (AvgIpc) is 2.62. The number of hydrogen-bond acceptors (Lipinski definition) is 7. The number of benzene rings is 1.